The van der Waals surface area contributed by atoms with Crippen molar-refractivity contribution in [2.75, 3.05) is 0 Å². The number of hydrogen-bond acceptors (Lipinski definition) is 3. The Kier molecular flexibility index (Phi) is 5.04. The summed E-state index contributed by atoms with van der Waals surface area (Å²) in [5, 5.41) is 25.8. The minimum atomic E-state index is -1.37. The van der Waals surface area contributed by atoms with Crippen LogP contribution in [0.15, 0.2) is 18.2 Å². The van der Waals surface area contributed by atoms with Gasteiger partial charge < -0.3 is 15.3 Å². The Balaban J connectivity index is 0.00000225. The Morgan fingerprint density at radius 1 is 0.688 bits per heavy atom. The minimum Gasteiger partial charge on any atom is -0.478 e. The van der Waals surface area contributed by atoms with Crippen molar-refractivity contribution in [2.24, 2.45) is 0 Å². The predicted octanol–water partition coefficient (Wildman–Crippen LogP) is 0.400. The first-order chi connectivity index (χ1) is 6.91. The summed E-state index contributed by atoms with van der Waals surface area (Å²) >= 11 is 0. The predicted molar refractivity (Wildman–Crippen MR) is 53.1 cm³/mol. The Hall–Kier alpha value is -1.49. The maximum atomic E-state index is 10.6. The summed E-state index contributed by atoms with van der Waals surface area (Å²) in [4.78, 5) is 31.7. The molecular weight excluding hydrogens is 413 g/mol. The average Bonchev–Trinajstić information content (AvgIpc) is 2.16. The van der Waals surface area contributed by atoms with E-state index in [9.17, 15) is 14.4 Å². The molecule has 1 aromatic carbocycles. The third kappa shape index (κ3) is 3.27. The summed E-state index contributed by atoms with van der Waals surface area (Å²) in [5.74, 6) is -4.12. The van der Waals surface area contributed by atoms with E-state index < -0.39 is 17.9 Å². The molecule has 0 spiro atoms. The Labute approximate surface area is 109 Å². The molecule has 0 unspecified atom stereocenters. The normalized spacial score (nSPS) is 9.00. The van der Waals surface area contributed by atoms with Crippen LogP contribution in [0.25, 0.3) is 0 Å². The van der Waals surface area contributed by atoms with Gasteiger partial charge in [0.1, 0.15) is 0 Å². The van der Waals surface area contributed by atoms with E-state index in [1.54, 1.807) is 0 Å². The number of aromatic carboxylic acids is 3. The summed E-state index contributed by atoms with van der Waals surface area (Å²) in [5.41, 5.74) is -1.10. The van der Waals surface area contributed by atoms with Gasteiger partial charge in [-0.15, -0.1) is 0 Å². The molecule has 0 aliphatic heterocycles. The monoisotopic (exact) mass is 419 g/mol. The molecule has 0 bridgehead atoms. The number of hydrogen-bond donors (Lipinski definition) is 3. The molecule has 0 aromatic heterocycles. The summed E-state index contributed by atoms with van der Waals surface area (Å²) in [6.07, 6.45) is 0. The molecule has 0 saturated heterocycles. The van der Waals surface area contributed by atoms with E-state index in [4.69, 9.17) is 15.3 Å². The largest absolute Gasteiger partial charge is 0.478 e. The zero-order valence-corrected chi connectivity index (χ0v) is 11.2. The zero-order chi connectivity index (χ0) is 11.6. The van der Waals surface area contributed by atoms with E-state index in [0.29, 0.717) is 0 Å². The Bertz CT molecular complexity index is 374. The number of carboxylic acids is 3. The van der Waals surface area contributed by atoms with Crippen LogP contribution >= 0.6 is 0 Å². The summed E-state index contributed by atoms with van der Waals surface area (Å²) in [7, 11) is 0. The van der Waals surface area contributed by atoms with Gasteiger partial charge in [0.05, 0.1) is 16.7 Å². The quantitative estimate of drug-likeness (QED) is 0.612. The SMILES string of the molecule is O=C(O)c1cc(C(=O)O)cc(C(=O)O)c1.[Bi]. The first kappa shape index (κ1) is 14.5. The van der Waals surface area contributed by atoms with Crippen molar-refractivity contribution >= 4 is 44.1 Å². The standard InChI is InChI=1S/C9H6O6.Bi/c10-7(11)4-1-5(8(12)13)3-6(2-4)9(14)15;/h1-3H,(H,10,11)(H,12,13)(H,14,15);. The van der Waals surface area contributed by atoms with Crippen LogP contribution in [0.5, 0.6) is 0 Å². The number of carbonyl (C=O) groups is 3. The van der Waals surface area contributed by atoms with Gasteiger partial charge in [-0.05, 0) is 18.2 Å². The van der Waals surface area contributed by atoms with Crippen LogP contribution in [0.4, 0.5) is 0 Å². The second kappa shape index (κ2) is 5.56. The molecule has 0 fully saturated rings. The fourth-order valence-electron chi connectivity index (χ4n) is 0.998. The van der Waals surface area contributed by atoms with Gasteiger partial charge in [-0.25, -0.2) is 14.4 Å². The van der Waals surface area contributed by atoms with Crippen LogP contribution in [-0.4, -0.2) is 59.4 Å². The molecule has 1 aromatic rings. The molecule has 0 heterocycles. The number of benzene rings is 1. The average molecular weight is 419 g/mol. The van der Waals surface area contributed by atoms with E-state index in [2.05, 4.69) is 0 Å². The molecule has 7 heteroatoms. The molecule has 0 amide bonds. The smallest absolute Gasteiger partial charge is 0.335 e. The maximum Gasteiger partial charge on any atom is 0.335 e. The van der Waals surface area contributed by atoms with Crippen LogP contribution in [0.3, 0.4) is 0 Å². The molecule has 0 aliphatic rings. The van der Waals surface area contributed by atoms with Gasteiger partial charge in [0.2, 0.25) is 0 Å². The summed E-state index contributed by atoms with van der Waals surface area (Å²) in [6.45, 7) is 0. The van der Waals surface area contributed by atoms with Gasteiger partial charge in [-0.1, -0.05) is 0 Å². The van der Waals surface area contributed by atoms with Gasteiger partial charge in [-0.2, -0.15) is 0 Å². The van der Waals surface area contributed by atoms with E-state index in [0.717, 1.165) is 18.2 Å². The maximum absolute atomic E-state index is 10.6. The first-order valence-electron chi connectivity index (χ1n) is 3.77. The molecule has 0 atom stereocenters. The third-order valence-corrected chi connectivity index (χ3v) is 1.67. The van der Waals surface area contributed by atoms with Gasteiger partial charge in [0, 0.05) is 26.2 Å². The topological polar surface area (TPSA) is 112 Å². The summed E-state index contributed by atoms with van der Waals surface area (Å²) < 4.78 is 0. The van der Waals surface area contributed by atoms with Gasteiger partial charge in [0.25, 0.3) is 0 Å². The molecule has 83 valence electrons. The molecule has 3 radical (unpaired) electrons. The van der Waals surface area contributed by atoms with Crippen molar-refractivity contribution in [3.8, 4) is 0 Å². The molecule has 0 saturated carbocycles. The van der Waals surface area contributed by atoms with Crippen LogP contribution in [-0.2, 0) is 0 Å². The van der Waals surface area contributed by atoms with Crippen molar-refractivity contribution in [1.82, 2.24) is 0 Å². The minimum absolute atomic E-state index is 0. The van der Waals surface area contributed by atoms with Crippen molar-refractivity contribution in [1.29, 1.82) is 0 Å². The third-order valence-electron chi connectivity index (χ3n) is 1.67. The van der Waals surface area contributed by atoms with Crippen molar-refractivity contribution in [2.45, 2.75) is 0 Å². The zero-order valence-electron chi connectivity index (χ0n) is 7.75. The van der Waals surface area contributed by atoms with Gasteiger partial charge in [-0.3, -0.25) is 0 Å². The molecular formula is C9H6BiO6. The summed E-state index contributed by atoms with van der Waals surface area (Å²) in [6, 6.07) is 2.70. The van der Waals surface area contributed by atoms with Crippen LogP contribution in [0, 0.1) is 0 Å². The molecule has 1 rings (SSSR count). The van der Waals surface area contributed by atoms with E-state index in [1.165, 1.54) is 0 Å². The van der Waals surface area contributed by atoms with Crippen LogP contribution in [0.1, 0.15) is 31.1 Å². The van der Waals surface area contributed by atoms with Gasteiger partial charge in [0.15, 0.2) is 0 Å². The second-order valence-corrected chi connectivity index (χ2v) is 2.71. The number of rotatable bonds is 3. The van der Waals surface area contributed by atoms with Crippen molar-refractivity contribution in [3.63, 3.8) is 0 Å². The van der Waals surface area contributed by atoms with Crippen molar-refractivity contribution < 1.29 is 29.7 Å². The van der Waals surface area contributed by atoms with E-state index in [-0.39, 0.29) is 42.9 Å². The van der Waals surface area contributed by atoms with Gasteiger partial charge >= 0.3 is 17.9 Å². The second-order valence-electron chi connectivity index (χ2n) is 2.71. The first-order valence-corrected chi connectivity index (χ1v) is 3.77. The van der Waals surface area contributed by atoms with E-state index >= 15 is 0 Å². The fourth-order valence-corrected chi connectivity index (χ4v) is 0.998. The van der Waals surface area contributed by atoms with Crippen LogP contribution < -0.4 is 0 Å². The molecule has 0 aliphatic carbocycles. The van der Waals surface area contributed by atoms with Crippen molar-refractivity contribution in [3.05, 3.63) is 34.9 Å². The molecule has 6 nitrogen and oxygen atoms in total. The Morgan fingerprint density at radius 2 is 0.875 bits per heavy atom. The van der Waals surface area contributed by atoms with E-state index in [1.807, 2.05) is 0 Å². The molecule has 16 heavy (non-hydrogen) atoms. The fraction of sp³-hybridized carbons (Fsp3) is 0. The van der Waals surface area contributed by atoms with Crippen LogP contribution in [0.2, 0.25) is 0 Å². The Morgan fingerprint density at radius 3 is 1.00 bits per heavy atom. The number of carboxylic acid groups (broad SMARTS) is 3. The molecule has 3 N–H and O–H groups in total.